The number of carboxylic acid groups (broad SMARTS) is 1. The molecule has 2 aromatic rings. The van der Waals surface area contributed by atoms with Gasteiger partial charge in [-0.1, -0.05) is 54.6 Å². The molecule has 8 nitrogen and oxygen atoms in total. The fraction of sp³-hybridized carbons (Fsp3) is 0.375. The maximum absolute atomic E-state index is 12.2. The lowest BCUT2D eigenvalue weighted by Crippen LogP contribution is -2.46. The minimum atomic E-state index is -1.12. The van der Waals surface area contributed by atoms with Crippen molar-refractivity contribution in [2.24, 2.45) is 0 Å². The molecule has 0 radical (unpaired) electrons. The highest BCUT2D eigenvalue weighted by Crippen LogP contribution is 2.15. The molecule has 0 spiro atoms. The predicted octanol–water partition coefficient (Wildman–Crippen LogP) is 3.98. The van der Waals surface area contributed by atoms with Gasteiger partial charge in [-0.05, 0) is 37.5 Å². The molecule has 2 N–H and O–H groups in total. The Labute approximate surface area is 188 Å². The standard InChI is InChI=1S/C24H30N2O6/c1-24(2,3)32-23(30)26(4)20(21(27)28)14-17-10-12-18(13-11-17)15-25-22(29)31-16-19-8-6-5-7-9-19/h5-13,20H,14-16H2,1-4H3,(H,25,29)(H,27,28)/t20-/m0/s1. The Morgan fingerprint density at radius 1 is 0.969 bits per heavy atom. The van der Waals surface area contributed by atoms with E-state index in [2.05, 4.69) is 5.32 Å². The van der Waals surface area contributed by atoms with Crippen LogP contribution in [0.4, 0.5) is 9.59 Å². The van der Waals surface area contributed by atoms with Gasteiger partial charge in [-0.2, -0.15) is 0 Å². The van der Waals surface area contributed by atoms with Gasteiger partial charge in [0.05, 0.1) is 0 Å². The van der Waals surface area contributed by atoms with E-state index in [1.807, 2.05) is 30.3 Å². The zero-order chi connectivity index (χ0) is 23.7. The van der Waals surface area contributed by atoms with Crippen molar-refractivity contribution in [2.45, 2.75) is 52.0 Å². The normalized spacial score (nSPS) is 11.9. The van der Waals surface area contributed by atoms with Crippen LogP contribution in [0.5, 0.6) is 0 Å². The second-order valence-electron chi connectivity index (χ2n) is 8.38. The van der Waals surface area contributed by atoms with Crippen molar-refractivity contribution in [2.75, 3.05) is 7.05 Å². The number of aliphatic carboxylic acids is 1. The van der Waals surface area contributed by atoms with E-state index < -0.39 is 29.8 Å². The molecule has 32 heavy (non-hydrogen) atoms. The number of ether oxygens (including phenoxy) is 2. The summed E-state index contributed by atoms with van der Waals surface area (Å²) in [7, 11) is 1.41. The summed E-state index contributed by atoms with van der Waals surface area (Å²) >= 11 is 0. The quantitative estimate of drug-likeness (QED) is 0.641. The molecule has 0 aliphatic heterocycles. The minimum absolute atomic E-state index is 0.123. The lowest BCUT2D eigenvalue weighted by atomic mass is 10.0. The van der Waals surface area contributed by atoms with Crippen LogP contribution in [0, 0.1) is 0 Å². The molecule has 0 aliphatic rings. The van der Waals surface area contributed by atoms with E-state index in [9.17, 15) is 19.5 Å². The Bertz CT molecular complexity index is 906. The number of carboxylic acids is 1. The van der Waals surface area contributed by atoms with Crippen molar-refractivity contribution < 1.29 is 29.0 Å². The van der Waals surface area contributed by atoms with E-state index in [-0.39, 0.29) is 19.6 Å². The second-order valence-corrected chi connectivity index (χ2v) is 8.38. The van der Waals surface area contributed by atoms with Crippen LogP contribution in [-0.4, -0.2) is 46.9 Å². The topological polar surface area (TPSA) is 105 Å². The molecule has 2 aromatic carbocycles. The van der Waals surface area contributed by atoms with Gasteiger partial charge in [0.2, 0.25) is 0 Å². The van der Waals surface area contributed by atoms with Crippen LogP contribution in [-0.2, 0) is 33.8 Å². The summed E-state index contributed by atoms with van der Waals surface area (Å²) in [6, 6.07) is 15.4. The van der Waals surface area contributed by atoms with E-state index in [1.165, 1.54) is 7.05 Å². The maximum atomic E-state index is 12.2. The van der Waals surface area contributed by atoms with Gasteiger partial charge in [-0.15, -0.1) is 0 Å². The first kappa shape index (κ1) is 24.7. The number of nitrogens with zero attached hydrogens (tertiary/aromatic N) is 1. The highest BCUT2D eigenvalue weighted by molar-refractivity contribution is 5.80. The largest absolute Gasteiger partial charge is 0.480 e. The molecule has 1 atom stereocenters. The molecule has 8 heteroatoms. The van der Waals surface area contributed by atoms with Crippen LogP contribution in [0.15, 0.2) is 54.6 Å². The predicted molar refractivity (Wildman–Crippen MR) is 119 cm³/mol. The third-order valence-corrected chi connectivity index (χ3v) is 4.54. The lowest BCUT2D eigenvalue weighted by molar-refractivity contribution is -0.142. The summed E-state index contributed by atoms with van der Waals surface area (Å²) < 4.78 is 10.4. The van der Waals surface area contributed by atoms with Gasteiger partial charge < -0.3 is 19.9 Å². The molecule has 0 saturated heterocycles. The number of carbonyl (C=O) groups excluding carboxylic acids is 2. The van der Waals surface area contributed by atoms with Gasteiger partial charge in [0.25, 0.3) is 0 Å². The molecule has 2 rings (SSSR count). The first-order valence-electron chi connectivity index (χ1n) is 10.3. The van der Waals surface area contributed by atoms with E-state index in [4.69, 9.17) is 9.47 Å². The van der Waals surface area contributed by atoms with Gasteiger partial charge in [-0.3, -0.25) is 4.90 Å². The number of carbonyl (C=O) groups is 3. The fourth-order valence-electron chi connectivity index (χ4n) is 2.82. The zero-order valence-corrected chi connectivity index (χ0v) is 18.8. The number of nitrogens with one attached hydrogen (secondary N) is 1. The number of hydrogen-bond donors (Lipinski definition) is 2. The van der Waals surface area contributed by atoms with Gasteiger partial charge in [0.15, 0.2) is 0 Å². The van der Waals surface area contributed by atoms with Crippen LogP contribution < -0.4 is 5.32 Å². The van der Waals surface area contributed by atoms with Gasteiger partial charge >= 0.3 is 18.2 Å². The molecule has 0 aromatic heterocycles. The Morgan fingerprint density at radius 3 is 2.12 bits per heavy atom. The van der Waals surface area contributed by atoms with Crippen molar-refractivity contribution >= 4 is 18.2 Å². The Morgan fingerprint density at radius 2 is 1.56 bits per heavy atom. The Hall–Kier alpha value is -3.55. The average molecular weight is 443 g/mol. The molecule has 0 heterocycles. The second kappa shape index (κ2) is 11.2. The van der Waals surface area contributed by atoms with Crippen LogP contribution in [0.25, 0.3) is 0 Å². The minimum Gasteiger partial charge on any atom is -0.480 e. The Balaban J connectivity index is 1.87. The molecule has 2 amide bonds. The SMILES string of the molecule is CN(C(=O)OC(C)(C)C)[C@@H](Cc1ccc(CNC(=O)OCc2ccccc2)cc1)C(=O)O. The molecule has 0 fully saturated rings. The highest BCUT2D eigenvalue weighted by atomic mass is 16.6. The van der Waals surface area contributed by atoms with Crippen LogP contribution in [0.1, 0.15) is 37.5 Å². The third kappa shape index (κ3) is 8.29. The molecule has 0 saturated carbocycles. The van der Waals surface area contributed by atoms with Crippen LogP contribution in [0.2, 0.25) is 0 Å². The van der Waals surface area contributed by atoms with Crippen LogP contribution >= 0.6 is 0 Å². The number of rotatable bonds is 8. The summed E-state index contributed by atoms with van der Waals surface area (Å²) in [5.74, 6) is -1.12. The number of alkyl carbamates (subject to hydrolysis) is 1. The first-order valence-corrected chi connectivity index (χ1v) is 10.3. The van der Waals surface area contributed by atoms with E-state index in [1.54, 1.807) is 45.0 Å². The van der Waals surface area contributed by atoms with Gasteiger partial charge in [0.1, 0.15) is 18.2 Å². The summed E-state index contributed by atoms with van der Waals surface area (Å²) in [5, 5.41) is 12.3. The molecule has 0 aliphatic carbocycles. The molecule has 172 valence electrons. The lowest BCUT2D eigenvalue weighted by Gasteiger charge is -2.28. The maximum Gasteiger partial charge on any atom is 0.410 e. The number of benzene rings is 2. The third-order valence-electron chi connectivity index (χ3n) is 4.54. The zero-order valence-electron chi connectivity index (χ0n) is 18.8. The van der Waals surface area contributed by atoms with Crippen molar-refractivity contribution in [1.82, 2.24) is 10.2 Å². The van der Waals surface area contributed by atoms with Crippen LogP contribution in [0.3, 0.4) is 0 Å². The molecule has 0 unspecified atom stereocenters. The van der Waals surface area contributed by atoms with E-state index in [0.717, 1.165) is 21.6 Å². The molecule has 0 bridgehead atoms. The fourth-order valence-corrected chi connectivity index (χ4v) is 2.82. The van der Waals surface area contributed by atoms with E-state index in [0.29, 0.717) is 0 Å². The van der Waals surface area contributed by atoms with Crippen molar-refractivity contribution in [3.8, 4) is 0 Å². The van der Waals surface area contributed by atoms with Crippen molar-refractivity contribution in [3.05, 3.63) is 71.3 Å². The van der Waals surface area contributed by atoms with Crippen molar-refractivity contribution in [1.29, 1.82) is 0 Å². The summed E-state index contributed by atoms with van der Waals surface area (Å²) in [4.78, 5) is 36.9. The number of hydrogen-bond acceptors (Lipinski definition) is 5. The monoisotopic (exact) mass is 442 g/mol. The number of amides is 2. The number of likely N-dealkylation sites (N-methyl/N-ethyl adjacent to an activating group) is 1. The molecular formula is C24H30N2O6. The van der Waals surface area contributed by atoms with E-state index >= 15 is 0 Å². The summed E-state index contributed by atoms with van der Waals surface area (Å²) in [6.07, 6.45) is -1.10. The average Bonchev–Trinajstić information content (AvgIpc) is 2.74. The smallest absolute Gasteiger partial charge is 0.410 e. The van der Waals surface area contributed by atoms with Gasteiger partial charge in [0, 0.05) is 20.0 Å². The summed E-state index contributed by atoms with van der Waals surface area (Å²) in [6.45, 7) is 5.62. The van der Waals surface area contributed by atoms with Gasteiger partial charge in [-0.25, -0.2) is 14.4 Å². The molecular weight excluding hydrogens is 412 g/mol. The summed E-state index contributed by atoms with van der Waals surface area (Å²) in [5.41, 5.74) is 1.75. The first-order chi connectivity index (χ1) is 15.0. The highest BCUT2D eigenvalue weighted by Gasteiger charge is 2.30. The Kier molecular flexibility index (Phi) is 8.63. The van der Waals surface area contributed by atoms with Crippen molar-refractivity contribution in [3.63, 3.8) is 0 Å².